The molecule has 2 aromatic carbocycles. The molecule has 0 aromatic heterocycles. The Morgan fingerprint density at radius 3 is 2.62 bits per heavy atom. The monoisotopic (exact) mass is 491 g/mol. The van der Waals surface area contributed by atoms with Crippen LogP contribution in [0.3, 0.4) is 0 Å². The third-order valence-corrected chi connectivity index (χ3v) is 6.28. The second kappa shape index (κ2) is 9.89. The van der Waals surface area contributed by atoms with E-state index in [4.69, 9.17) is 40.0 Å². The van der Waals surface area contributed by atoms with Gasteiger partial charge in [-0.2, -0.15) is 0 Å². The van der Waals surface area contributed by atoms with Gasteiger partial charge in [0, 0.05) is 19.2 Å². The van der Waals surface area contributed by atoms with Gasteiger partial charge in [-0.15, -0.1) is 11.6 Å². The molecule has 10 heteroatoms. The Hall–Kier alpha value is -3.33. The van der Waals surface area contributed by atoms with Crippen LogP contribution in [0.25, 0.3) is 0 Å². The molecule has 0 saturated heterocycles. The average Bonchev–Trinajstić information content (AvgIpc) is 3.44. The van der Waals surface area contributed by atoms with Crippen LogP contribution < -0.4 is 18.9 Å². The number of alkyl halides is 1. The zero-order chi connectivity index (χ0) is 24.4. The molecule has 0 bridgehead atoms. The highest BCUT2D eigenvalue weighted by molar-refractivity contribution is 6.22. The maximum atomic E-state index is 12.8. The minimum atomic E-state index is -0.758. The molecule has 34 heavy (non-hydrogen) atoms. The van der Waals surface area contributed by atoms with Crippen molar-refractivity contribution in [2.24, 2.45) is 0 Å². The van der Waals surface area contributed by atoms with E-state index in [2.05, 4.69) is 0 Å². The van der Waals surface area contributed by atoms with Crippen LogP contribution in [-0.2, 0) is 15.9 Å². The number of fused-ring (bicyclic) bond motifs is 2. The first kappa shape index (κ1) is 23.8. The highest BCUT2D eigenvalue weighted by atomic mass is 35.5. The molecule has 2 heterocycles. The van der Waals surface area contributed by atoms with Gasteiger partial charge in [-0.3, -0.25) is 0 Å². The summed E-state index contributed by atoms with van der Waals surface area (Å²) in [6, 6.07) is 7.11. The number of ether oxygens (including phenoxy) is 6. The summed E-state index contributed by atoms with van der Waals surface area (Å²) in [6.45, 7) is 2.54. The van der Waals surface area contributed by atoms with Gasteiger partial charge in [-0.1, -0.05) is 6.07 Å². The molecule has 0 spiro atoms. The number of hydrogen-bond acceptors (Lipinski definition) is 8. The van der Waals surface area contributed by atoms with Crippen molar-refractivity contribution in [1.29, 1.82) is 0 Å². The van der Waals surface area contributed by atoms with Crippen molar-refractivity contribution in [2.75, 3.05) is 41.2 Å². The highest BCUT2D eigenvalue weighted by Crippen LogP contribution is 2.50. The number of cyclic esters (lactones) is 1. The molecule has 0 saturated carbocycles. The zero-order valence-corrected chi connectivity index (χ0v) is 20.1. The minimum Gasteiger partial charge on any atom is -0.493 e. The Morgan fingerprint density at radius 1 is 1.21 bits per heavy atom. The number of nitrogens with zero attached hydrogens (tertiary/aromatic N) is 1. The van der Waals surface area contributed by atoms with Gasteiger partial charge in [0.25, 0.3) is 0 Å². The van der Waals surface area contributed by atoms with E-state index in [1.165, 1.54) is 19.1 Å². The predicted molar refractivity (Wildman–Crippen MR) is 122 cm³/mol. The summed E-state index contributed by atoms with van der Waals surface area (Å²) in [5.74, 6) is 1.34. The van der Waals surface area contributed by atoms with Gasteiger partial charge in [0.1, 0.15) is 17.0 Å². The van der Waals surface area contributed by atoms with Gasteiger partial charge in [-0.25, -0.2) is 9.59 Å². The van der Waals surface area contributed by atoms with Crippen LogP contribution in [0.1, 0.15) is 45.5 Å². The molecule has 2 aliphatic rings. The Bertz CT molecular complexity index is 1100. The van der Waals surface area contributed by atoms with E-state index in [0.29, 0.717) is 59.3 Å². The second-order valence-corrected chi connectivity index (χ2v) is 8.24. The van der Waals surface area contributed by atoms with Gasteiger partial charge in [0.2, 0.25) is 6.79 Å². The second-order valence-electron chi connectivity index (χ2n) is 7.77. The zero-order valence-electron chi connectivity index (χ0n) is 19.4. The smallest absolute Gasteiger partial charge is 0.409 e. The third kappa shape index (κ3) is 4.27. The maximum Gasteiger partial charge on any atom is 0.409 e. The lowest BCUT2D eigenvalue weighted by atomic mass is 9.93. The number of carbonyl (C=O) groups excluding carboxylic acids is 2. The van der Waals surface area contributed by atoms with Crippen LogP contribution in [0.2, 0.25) is 0 Å². The first-order chi connectivity index (χ1) is 16.4. The molecular weight excluding hydrogens is 466 g/mol. The topological polar surface area (TPSA) is 92.8 Å². The van der Waals surface area contributed by atoms with Crippen LogP contribution in [0.4, 0.5) is 4.79 Å². The van der Waals surface area contributed by atoms with Crippen molar-refractivity contribution in [1.82, 2.24) is 4.90 Å². The van der Waals surface area contributed by atoms with E-state index in [1.807, 2.05) is 6.07 Å². The lowest BCUT2D eigenvalue weighted by molar-refractivity contribution is 0.0374. The molecule has 1 amide bonds. The van der Waals surface area contributed by atoms with Gasteiger partial charge in [0.05, 0.1) is 20.8 Å². The molecule has 182 valence electrons. The van der Waals surface area contributed by atoms with Crippen molar-refractivity contribution in [3.05, 3.63) is 46.5 Å². The predicted octanol–water partition coefficient (Wildman–Crippen LogP) is 4.25. The molecule has 0 N–H and O–H groups in total. The third-order valence-electron chi connectivity index (χ3n) is 5.82. The molecule has 1 unspecified atom stereocenters. The summed E-state index contributed by atoms with van der Waals surface area (Å²) in [6.07, 6.45) is -0.693. The standard InChI is InChI=1S/C24H26ClNO8/c1-5-31-24(28)26(2)9-8-13-10-17-18(33-12-32-17)11-15(13)20(25)21-14-6-7-16(29-3)22(30-4)19(14)23(27)34-21/h6-7,10-11,20-21H,5,8-9,12H2,1-4H3/t20?,21-/m0/s1. The molecular formula is C24H26ClNO8. The van der Waals surface area contributed by atoms with E-state index >= 15 is 0 Å². The van der Waals surface area contributed by atoms with Crippen molar-refractivity contribution in [3.8, 4) is 23.0 Å². The fourth-order valence-corrected chi connectivity index (χ4v) is 4.48. The Balaban J connectivity index is 1.67. The van der Waals surface area contributed by atoms with E-state index in [0.717, 1.165) is 5.56 Å². The van der Waals surface area contributed by atoms with Crippen molar-refractivity contribution >= 4 is 23.7 Å². The van der Waals surface area contributed by atoms with E-state index < -0.39 is 23.5 Å². The van der Waals surface area contributed by atoms with Crippen molar-refractivity contribution in [3.63, 3.8) is 0 Å². The Morgan fingerprint density at radius 2 is 1.94 bits per heavy atom. The van der Waals surface area contributed by atoms with Crippen molar-refractivity contribution < 1.29 is 38.0 Å². The first-order valence-corrected chi connectivity index (χ1v) is 11.2. The fourth-order valence-electron chi connectivity index (χ4n) is 4.09. The molecule has 0 fully saturated rings. The summed E-state index contributed by atoms with van der Waals surface area (Å²) in [5.41, 5.74) is 2.45. The minimum absolute atomic E-state index is 0.103. The van der Waals surface area contributed by atoms with Gasteiger partial charge in [0.15, 0.2) is 23.0 Å². The van der Waals surface area contributed by atoms with Gasteiger partial charge in [-0.05, 0) is 42.7 Å². The quantitative estimate of drug-likeness (QED) is 0.399. The maximum absolute atomic E-state index is 12.8. The van der Waals surface area contributed by atoms with Crippen LogP contribution >= 0.6 is 11.6 Å². The summed E-state index contributed by atoms with van der Waals surface area (Å²) >= 11 is 6.96. The number of halogens is 1. The van der Waals surface area contributed by atoms with E-state index in [9.17, 15) is 9.59 Å². The molecule has 2 atom stereocenters. The number of benzene rings is 2. The van der Waals surface area contributed by atoms with Crippen molar-refractivity contribution in [2.45, 2.75) is 24.8 Å². The summed E-state index contributed by atoms with van der Waals surface area (Å²) in [4.78, 5) is 26.3. The van der Waals surface area contributed by atoms with Crippen LogP contribution in [0.15, 0.2) is 24.3 Å². The number of likely N-dealkylation sites (N-methyl/N-ethyl adjacent to an activating group) is 1. The number of rotatable bonds is 8. The largest absolute Gasteiger partial charge is 0.493 e. The number of methoxy groups -OCH3 is 2. The molecule has 4 rings (SSSR count). The van der Waals surface area contributed by atoms with E-state index in [1.54, 1.807) is 32.2 Å². The lowest BCUT2D eigenvalue weighted by Gasteiger charge is -2.23. The average molecular weight is 492 g/mol. The van der Waals surface area contributed by atoms with Crippen LogP contribution in [-0.4, -0.2) is 58.2 Å². The lowest BCUT2D eigenvalue weighted by Crippen LogP contribution is -2.29. The molecule has 2 aromatic rings. The number of carbonyl (C=O) groups is 2. The Kier molecular flexibility index (Phi) is 6.92. The van der Waals surface area contributed by atoms with E-state index in [-0.39, 0.29) is 6.79 Å². The molecule has 9 nitrogen and oxygen atoms in total. The van der Waals surface area contributed by atoms with Crippen LogP contribution in [0.5, 0.6) is 23.0 Å². The SMILES string of the molecule is CCOC(=O)N(C)CCc1cc2c(cc1C(Cl)[C@H]1OC(=O)c3c1ccc(OC)c3OC)OCO2. The summed E-state index contributed by atoms with van der Waals surface area (Å²) in [5, 5.41) is -0.735. The number of amides is 1. The number of esters is 1. The molecule has 0 aliphatic carbocycles. The molecule has 2 aliphatic heterocycles. The summed E-state index contributed by atoms with van der Waals surface area (Å²) < 4.78 is 32.6. The number of hydrogen-bond donors (Lipinski definition) is 0. The summed E-state index contributed by atoms with van der Waals surface area (Å²) in [7, 11) is 4.63. The first-order valence-electron chi connectivity index (χ1n) is 10.8. The van der Waals surface area contributed by atoms with Gasteiger partial charge < -0.3 is 33.3 Å². The van der Waals surface area contributed by atoms with Gasteiger partial charge >= 0.3 is 12.1 Å². The normalized spacial score (nSPS) is 16.5. The van der Waals surface area contributed by atoms with Crippen LogP contribution in [0, 0.1) is 0 Å². The Labute approximate surface area is 202 Å². The molecule has 0 radical (unpaired) electrons. The fraction of sp³-hybridized carbons (Fsp3) is 0.417. The highest BCUT2D eigenvalue weighted by Gasteiger charge is 2.41.